The van der Waals surface area contributed by atoms with E-state index in [1.165, 1.54) is 0 Å². The molecule has 1 saturated carbocycles. The first-order valence-electron chi connectivity index (χ1n) is 8.78. The van der Waals surface area contributed by atoms with Crippen LogP contribution in [0.15, 0.2) is 12.1 Å². The predicted molar refractivity (Wildman–Crippen MR) is 82.6 cm³/mol. The molecule has 1 aromatic carbocycles. The van der Waals surface area contributed by atoms with Crippen LogP contribution in [0.5, 0.6) is 11.5 Å². The Balaban J connectivity index is 1.73. The Bertz CT molecular complexity index is 809. The molecule has 6 nitrogen and oxygen atoms in total. The van der Waals surface area contributed by atoms with Crippen molar-refractivity contribution in [2.24, 2.45) is 0 Å². The van der Waals surface area contributed by atoms with Gasteiger partial charge >= 0.3 is 0 Å². The third-order valence-corrected chi connectivity index (χ3v) is 7.38. The van der Waals surface area contributed by atoms with E-state index < -0.39 is 17.1 Å². The molecule has 2 saturated heterocycles. The molecular formula is C18H19NO5. The van der Waals surface area contributed by atoms with Gasteiger partial charge in [0.05, 0.1) is 18.6 Å². The van der Waals surface area contributed by atoms with Crippen molar-refractivity contribution in [3.63, 3.8) is 0 Å². The van der Waals surface area contributed by atoms with Gasteiger partial charge in [-0.05, 0) is 18.1 Å². The van der Waals surface area contributed by atoms with E-state index >= 15 is 0 Å². The molecule has 2 unspecified atom stereocenters. The molecule has 5 aliphatic rings. The second-order valence-corrected chi connectivity index (χ2v) is 7.99. The van der Waals surface area contributed by atoms with E-state index in [1.54, 1.807) is 6.07 Å². The van der Waals surface area contributed by atoms with Crippen molar-refractivity contribution >= 4 is 5.78 Å². The molecule has 3 heterocycles. The number of hydroxylamine groups is 3. The summed E-state index contributed by atoms with van der Waals surface area (Å²) in [6.07, 6.45) is 1.58. The van der Waals surface area contributed by atoms with Crippen LogP contribution in [0.3, 0.4) is 0 Å². The number of hydrogen-bond acceptors (Lipinski definition) is 5. The van der Waals surface area contributed by atoms with Crippen molar-refractivity contribution in [3.05, 3.63) is 28.5 Å². The predicted octanol–water partition coefficient (Wildman–Crippen LogP) is 1.17. The average Bonchev–Trinajstić information content (AvgIpc) is 2.92. The standard InChI is InChI=1S/C18H19NO5/c20-11-2-1-10-9-13-18-4-3-12(21)16-17(18,14(10)15(11)24-16)5-6-19(13,22)7-8-23-18/h1-2,13,16,20H,3-9H2/t13?,16-,17-,18+,19?/m0/s1. The van der Waals surface area contributed by atoms with Crippen LogP contribution >= 0.6 is 0 Å². The number of benzene rings is 1. The van der Waals surface area contributed by atoms with E-state index in [0.717, 1.165) is 11.1 Å². The summed E-state index contributed by atoms with van der Waals surface area (Å²) in [5, 5.41) is 23.8. The minimum absolute atomic E-state index is 0.0721. The van der Waals surface area contributed by atoms with Crippen molar-refractivity contribution in [3.8, 4) is 11.5 Å². The Labute approximate surface area is 139 Å². The summed E-state index contributed by atoms with van der Waals surface area (Å²) >= 11 is 0. The molecule has 2 aliphatic carbocycles. The largest absolute Gasteiger partial charge is 0.632 e. The van der Waals surface area contributed by atoms with Crippen molar-refractivity contribution in [1.29, 1.82) is 0 Å². The number of aromatic hydroxyl groups is 1. The highest BCUT2D eigenvalue weighted by Gasteiger charge is 2.78. The van der Waals surface area contributed by atoms with Crippen LogP contribution in [0.25, 0.3) is 0 Å². The lowest BCUT2D eigenvalue weighted by Crippen LogP contribution is -2.83. The number of phenolic OH excluding ortho intramolecular Hbond substituents is 1. The van der Waals surface area contributed by atoms with Crippen LogP contribution in [0.4, 0.5) is 0 Å². The number of carbonyl (C=O) groups is 1. The lowest BCUT2D eigenvalue weighted by molar-refractivity contribution is -0.933. The maximum Gasteiger partial charge on any atom is 0.174 e. The van der Waals surface area contributed by atoms with Crippen molar-refractivity contribution in [2.75, 3.05) is 19.7 Å². The maximum atomic E-state index is 13.5. The second kappa shape index (κ2) is 3.79. The molecule has 6 rings (SSSR count). The molecule has 2 spiro atoms. The smallest absolute Gasteiger partial charge is 0.174 e. The van der Waals surface area contributed by atoms with Crippen LogP contribution in [-0.2, 0) is 21.4 Å². The van der Waals surface area contributed by atoms with E-state index in [0.29, 0.717) is 51.1 Å². The molecule has 1 aromatic rings. The number of phenols is 1. The number of nitrogens with zero attached hydrogens (tertiary/aromatic N) is 1. The van der Waals surface area contributed by atoms with Crippen LogP contribution in [0, 0.1) is 5.21 Å². The number of ketones is 1. The van der Waals surface area contributed by atoms with E-state index in [1.807, 2.05) is 6.07 Å². The monoisotopic (exact) mass is 329 g/mol. The lowest BCUT2D eigenvalue weighted by Gasteiger charge is -2.70. The van der Waals surface area contributed by atoms with Gasteiger partial charge in [0.1, 0.15) is 18.2 Å². The van der Waals surface area contributed by atoms with E-state index in [-0.39, 0.29) is 22.2 Å². The van der Waals surface area contributed by atoms with Gasteiger partial charge in [0.25, 0.3) is 0 Å². The van der Waals surface area contributed by atoms with Crippen molar-refractivity contribution < 1.29 is 24.0 Å². The molecule has 0 amide bonds. The first-order chi connectivity index (χ1) is 11.5. The Morgan fingerprint density at radius 1 is 1.29 bits per heavy atom. The first-order valence-corrected chi connectivity index (χ1v) is 8.78. The third kappa shape index (κ3) is 1.15. The lowest BCUT2D eigenvalue weighted by atomic mass is 9.48. The number of morpholine rings is 1. The van der Waals surface area contributed by atoms with E-state index in [9.17, 15) is 15.1 Å². The average molecular weight is 329 g/mol. The molecule has 3 fully saturated rings. The number of Topliss-reactive ketones (excluding diaryl/α,β-unsaturated/α-hetero) is 1. The zero-order valence-corrected chi connectivity index (χ0v) is 13.3. The first kappa shape index (κ1) is 13.6. The number of ether oxygens (including phenoxy) is 2. The van der Waals surface area contributed by atoms with E-state index in [2.05, 4.69) is 0 Å². The summed E-state index contributed by atoms with van der Waals surface area (Å²) in [6, 6.07) is 3.35. The molecule has 3 aliphatic heterocycles. The van der Waals surface area contributed by atoms with Gasteiger partial charge in [-0.15, -0.1) is 0 Å². The van der Waals surface area contributed by atoms with Gasteiger partial charge in [0.15, 0.2) is 23.4 Å². The highest BCUT2D eigenvalue weighted by molar-refractivity contribution is 5.90. The number of piperidine rings is 1. The Morgan fingerprint density at radius 2 is 2.17 bits per heavy atom. The van der Waals surface area contributed by atoms with Gasteiger partial charge in [-0.2, -0.15) is 0 Å². The normalized spacial score (nSPS) is 47.1. The highest BCUT2D eigenvalue weighted by Crippen LogP contribution is 2.67. The summed E-state index contributed by atoms with van der Waals surface area (Å²) in [5.41, 5.74) is 0.769. The molecule has 0 radical (unpaired) electrons. The van der Waals surface area contributed by atoms with Crippen LogP contribution < -0.4 is 4.74 Å². The molecular weight excluding hydrogens is 310 g/mol. The number of hydrogen-bond donors (Lipinski definition) is 1. The SMILES string of the molecule is O=C1CC[C@]23OCC[N+]4([O-])CC[C@@]25c2c(ccc(O)c2O[C@@H]15)CC34. The van der Waals surface area contributed by atoms with Crippen LogP contribution in [0.1, 0.15) is 30.4 Å². The minimum atomic E-state index is -0.629. The van der Waals surface area contributed by atoms with Crippen LogP contribution in [-0.4, -0.2) is 53.0 Å². The maximum absolute atomic E-state index is 13.5. The van der Waals surface area contributed by atoms with Gasteiger partial charge in [-0.1, -0.05) is 6.07 Å². The summed E-state index contributed by atoms with van der Waals surface area (Å²) in [7, 11) is 0. The van der Waals surface area contributed by atoms with Crippen molar-refractivity contribution in [1.82, 2.24) is 0 Å². The highest BCUT2D eigenvalue weighted by atomic mass is 16.6. The fourth-order valence-corrected chi connectivity index (χ4v) is 6.50. The van der Waals surface area contributed by atoms with Gasteiger partial charge in [-0.25, -0.2) is 0 Å². The zero-order valence-electron chi connectivity index (χ0n) is 13.3. The molecule has 1 N–H and O–H groups in total. The fourth-order valence-electron chi connectivity index (χ4n) is 6.50. The number of rotatable bonds is 0. The molecule has 5 atom stereocenters. The molecule has 24 heavy (non-hydrogen) atoms. The van der Waals surface area contributed by atoms with Crippen molar-refractivity contribution in [2.45, 2.75) is 48.8 Å². The Morgan fingerprint density at radius 3 is 3.04 bits per heavy atom. The minimum Gasteiger partial charge on any atom is -0.632 e. The summed E-state index contributed by atoms with van der Waals surface area (Å²) < 4.78 is 12.2. The molecule has 4 bridgehead atoms. The van der Waals surface area contributed by atoms with Gasteiger partial charge in [-0.3, -0.25) is 4.79 Å². The zero-order chi connectivity index (χ0) is 16.3. The molecule has 126 valence electrons. The quantitative estimate of drug-likeness (QED) is 0.571. The third-order valence-electron chi connectivity index (χ3n) is 7.38. The van der Waals surface area contributed by atoms with Gasteiger partial charge in [0.2, 0.25) is 0 Å². The summed E-state index contributed by atoms with van der Waals surface area (Å²) in [6.45, 7) is 1.42. The van der Waals surface area contributed by atoms with Crippen LogP contribution in [0.2, 0.25) is 0 Å². The molecule has 6 heteroatoms. The molecule has 0 aromatic heterocycles. The Kier molecular flexibility index (Phi) is 2.15. The van der Waals surface area contributed by atoms with E-state index in [4.69, 9.17) is 9.47 Å². The summed E-state index contributed by atoms with van der Waals surface area (Å²) in [5.74, 6) is 0.608. The summed E-state index contributed by atoms with van der Waals surface area (Å²) in [4.78, 5) is 12.7. The number of quaternary nitrogens is 1. The number of carbonyl (C=O) groups excluding carboxylic acids is 1. The second-order valence-electron chi connectivity index (χ2n) is 7.99. The topological polar surface area (TPSA) is 78.8 Å². The van der Waals surface area contributed by atoms with Gasteiger partial charge < -0.3 is 24.4 Å². The fraction of sp³-hybridized carbons (Fsp3) is 0.611. The van der Waals surface area contributed by atoms with Gasteiger partial charge in [0, 0.05) is 24.8 Å². The Hall–Kier alpha value is -1.63.